The molecule has 0 heterocycles. The van der Waals surface area contributed by atoms with Gasteiger partial charge in [-0.25, -0.2) is 0 Å². The highest BCUT2D eigenvalue weighted by molar-refractivity contribution is 5.77. The molecule has 0 bridgehead atoms. The van der Waals surface area contributed by atoms with E-state index in [4.69, 9.17) is 4.74 Å². The second-order valence-corrected chi connectivity index (χ2v) is 4.90. The zero-order chi connectivity index (χ0) is 13.9. The van der Waals surface area contributed by atoms with Crippen molar-refractivity contribution in [1.29, 1.82) is 0 Å². The van der Waals surface area contributed by atoms with Gasteiger partial charge >= 0.3 is 5.97 Å². The van der Waals surface area contributed by atoms with E-state index < -0.39 is 11.9 Å². The van der Waals surface area contributed by atoms with Crippen molar-refractivity contribution in [1.82, 2.24) is 0 Å². The van der Waals surface area contributed by atoms with E-state index >= 15 is 0 Å². The molecule has 0 aromatic heterocycles. The van der Waals surface area contributed by atoms with Gasteiger partial charge in [0.05, 0.1) is 13.0 Å². The van der Waals surface area contributed by atoms with Crippen LogP contribution in [0.1, 0.15) is 55.7 Å². The minimum absolute atomic E-state index is 0.311. The lowest BCUT2D eigenvalue weighted by Gasteiger charge is -2.19. The molecule has 0 aliphatic carbocycles. The van der Waals surface area contributed by atoms with Crippen LogP contribution in [-0.4, -0.2) is 18.2 Å². The molecule has 0 aliphatic heterocycles. The molecule has 1 N–H and O–H groups in total. The number of carboxylic acid groups (broad SMARTS) is 1. The fourth-order valence-corrected chi connectivity index (χ4v) is 2.25. The van der Waals surface area contributed by atoms with E-state index in [1.165, 1.54) is 0 Å². The van der Waals surface area contributed by atoms with Crippen molar-refractivity contribution in [2.75, 3.05) is 7.11 Å². The quantitative estimate of drug-likeness (QED) is 0.866. The Balaban J connectivity index is 3.37. The van der Waals surface area contributed by atoms with Crippen molar-refractivity contribution in [3.8, 4) is 5.75 Å². The topological polar surface area (TPSA) is 46.5 Å². The number of aryl methyl sites for hydroxylation is 1. The summed E-state index contributed by atoms with van der Waals surface area (Å²) >= 11 is 0. The molecule has 1 unspecified atom stereocenters. The van der Waals surface area contributed by atoms with E-state index in [-0.39, 0.29) is 0 Å². The fourth-order valence-electron chi connectivity index (χ4n) is 2.25. The zero-order valence-electron chi connectivity index (χ0n) is 11.8. The normalized spacial score (nSPS) is 12.6. The molecule has 1 aromatic rings. The van der Waals surface area contributed by atoms with Gasteiger partial charge in [0.1, 0.15) is 5.75 Å². The number of hydrogen-bond donors (Lipinski definition) is 1. The smallest absolute Gasteiger partial charge is 0.310 e. The molecule has 0 spiro atoms. The van der Waals surface area contributed by atoms with Crippen LogP contribution in [0.4, 0.5) is 0 Å². The van der Waals surface area contributed by atoms with Crippen LogP contribution in [0.5, 0.6) is 5.75 Å². The Morgan fingerprint density at radius 3 is 2.33 bits per heavy atom. The van der Waals surface area contributed by atoms with Crippen molar-refractivity contribution in [2.24, 2.45) is 0 Å². The molecule has 3 heteroatoms. The van der Waals surface area contributed by atoms with Gasteiger partial charge < -0.3 is 9.84 Å². The van der Waals surface area contributed by atoms with Crippen LogP contribution in [0.2, 0.25) is 0 Å². The Kier molecular flexibility index (Phi) is 4.76. The van der Waals surface area contributed by atoms with Crippen LogP contribution >= 0.6 is 0 Å². The second kappa shape index (κ2) is 5.89. The Hall–Kier alpha value is -1.51. The summed E-state index contributed by atoms with van der Waals surface area (Å²) in [5.74, 6) is -0.0500. The number of methoxy groups -OCH3 is 1. The zero-order valence-corrected chi connectivity index (χ0v) is 11.8. The lowest BCUT2D eigenvalue weighted by molar-refractivity contribution is -0.138. The highest BCUT2D eigenvalue weighted by atomic mass is 16.5. The van der Waals surface area contributed by atoms with Gasteiger partial charge in [0.25, 0.3) is 0 Å². The van der Waals surface area contributed by atoms with Crippen LogP contribution in [0.25, 0.3) is 0 Å². The van der Waals surface area contributed by atoms with E-state index in [2.05, 4.69) is 13.8 Å². The van der Waals surface area contributed by atoms with Crippen molar-refractivity contribution >= 4 is 5.97 Å². The molecule has 0 saturated carbocycles. The second-order valence-electron chi connectivity index (χ2n) is 4.90. The Morgan fingerprint density at radius 1 is 1.33 bits per heavy atom. The molecular weight excluding hydrogens is 228 g/mol. The number of rotatable bonds is 5. The van der Waals surface area contributed by atoms with Gasteiger partial charge in [0, 0.05) is 0 Å². The third-order valence-electron chi connectivity index (χ3n) is 3.32. The van der Waals surface area contributed by atoms with E-state index in [9.17, 15) is 9.90 Å². The van der Waals surface area contributed by atoms with Crippen molar-refractivity contribution in [3.63, 3.8) is 0 Å². The number of carbonyl (C=O) groups is 1. The van der Waals surface area contributed by atoms with E-state index in [0.29, 0.717) is 12.3 Å². The first-order chi connectivity index (χ1) is 8.42. The van der Waals surface area contributed by atoms with Crippen molar-refractivity contribution in [2.45, 2.75) is 46.0 Å². The van der Waals surface area contributed by atoms with Crippen molar-refractivity contribution in [3.05, 3.63) is 28.8 Å². The Bertz CT molecular complexity index is 436. The summed E-state index contributed by atoms with van der Waals surface area (Å²) < 4.78 is 5.37. The SMILES string of the molecule is CCC(C(=O)O)c1cc(C(C)C)c(OC)cc1C. The third kappa shape index (κ3) is 2.84. The molecule has 18 heavy (non-hydrogen) atoms. The molecule has 0 amide bonds. The number of aliphatic carboxylic acids is 1. The maximum Gasteiger partial charge on any atom is 0.310 e. The summed E-state index contributed by atoms with van der Waals surface area (Å²) in [7, 11) is 1.65. The van der Waals surface area contributed by atoms with Crippen LogP contribution < -0.4 is 4.74 Å². The van der Waals surface area contributed by atoms with Gasteiger partial charge in [0.15, 0.2) is 0 Å². The summed E-state index contributed by atoms with van der Waals surface area (Å²) in [6, 6.07) is 3.93. The van der Waals surface area contributed by atoms with E-state index in [1.54, 1.807) is 7.11 Å². The van der Waals surface area contributed by atoms with Gasteiger partial charge in [-0.3, -0.25) is 4.79 Å². The average molecular weight is 250 g/mol. The summed E-state index contributed by atoms with van der Waals surface area (Å²) in [6.07, 6.45) is 0.597. The van der Waals surface area contributed by atoms with Crippen LogP contribution in [0.3, 0.4) is 0 Å². The maximum absolute atomic E-state index is 11.3. The minimum Gasteiger partial charge on any atom is -0.496 e. The van der Waals surface area contributed by atoms with Crippen LogP contribution in [-0.2, 0) is 4.79 Å². The summed E-state index contributed by atoms with van der Waals surface area (Å²) in [4.78, 5) is 11.3. The molecule has 1 atom stereocenters. The number of carboxylic acids is 1. The van der Waals surface area contributed by atoms with Crippen molar-refractivity contribution < 1.29 is 14.6 Å². The molecule has 1 rings (SSSR count). The summed E-state index contributed by atoms with van der Waals surface area (Å²) in [5, 5.41) is 9.28. The maximum atomic E-state index is 11.3. The molecule has 0 aliphatic rings. The standard InChI is InChI=1S/C15H22O3/c1-6-11(15(16)17)13-8-12(9(2)3)14(18-5)7-10(13)4/h7-9,11H,6H2,1-5H3,(H,16,17). The predicted molar refractivity (Wildman–Crippen MR) is 72.5 cm³/mol. The molecule has 0 saturated heterocycles. The molecule has 100 valence electrons. The lowest BCUT2D eigenvalue weighted by Crippen LogP contribution is -2.13. The lowest BCUT2D eigenvalue weighted by atomic mass is 9.88. The first-order valence-corrected chi connectivity index (χ1v) is 6.33. The van der Waals surface area contributed by atoms with Gasteiger partial charge in [-0.2, -0.15) is 0 Å². The minimum atomic E-state index is -0.763. The van der Waals surface area contributed by atoms with Crippen LogP contribution in [0.15, 0.2) is 12.1 Å². The molecule has 1 aromatic carbocycles. The summed E-state index contributed by atoms with van der Waals surface area (Å²) in [6.45, 7) is 8.00. The Morgan fingerprint density at radius 2 is 1.94 bits per heavy atom. The fraction of sp³-hybridized carbons (Fsp3) is 0.533. The van der Waals surface area contributed by atoms with Crippen LogP contribution in [0, 0.1) is 6.92 Å². The molecule has 0 fully saturated rings. The van der Waals surface area contributed by atoms with E-state index in [0.717, 1.165) is 22.4 Å². The first kappa shape index (κ1) is 14.6. The molecular formula is C15H22O3. The Labute approximate surface area is 109 Å². The highest BCUT2D eigenvalue weighted by Crippen LogP contribution is 2.33. The van der Waals surface area contributed by atoms with Gasteiger partial charge in [-0.15, -0.1) is 0 Å². The number of hydrogen-bond acceptors (Lipinski definition) is 2. The third-order valence-corrected chi connectivity index (χ3v) is 3.32. The van der Waals surface area contributed by atoms with Gasteiger partial charge in [-0.1, -0.05) is 26.8 Å². The predicted octanol–water partition coefficient (Wildman–Crippen LogP) is 3.71. The summed E-state index contributed by atoms with van der Waals surface area (Å²) in [5.41, 5.74) is 2.94. The highest BCUT2D eigenvalue weighted by Gasteiger charge is 2.22. The molecule has 0 radical (unpaired) electrons. The van der Waals surface area contributed by atoms with Gasteiger partial charge in [-0.05, 0) is 42.0 Å². The first-order valence-electron chi connectivity index (χ1n) is 6.33. The number of benzene rings is 1. The average Bonchev–Trinajstić information content (AvgIpc) is 2.30. The monoisotopic (exact) mass is 250 g/mol. The number of ether oxygens (including phenoxy) is 1. The van der Waals surface area contributed by atoms with Gasteiger partial charge in [0.2, 0.25) is 0 Å². The molecule has 3 nitrogen and oxygen atoms in total. The van der Waals surface area contributed by atoms with E-state index in [1.807, 2.05) is 26.0 Å². The largest absolute Gasteiger partial charge is 0.496 e.